The van der Waals surface area contributed by atoms with Gasteiger partial charge in [-0.15, -0.1) is 11.3 Å². The summed E-state index contributed by atoms with van der Waals surface area (Å²) in [5.74, 6) is -1.28. The van der Waals surface area contributed by atoms with E-state index in [9.17, 15) is 17.6 Å². The summed E-state index contributed by atoms with van der Waals surface area (Å²) in [5.41, 5.74) is 2.22. The number of carbonyl (C=O) groups excluding carboxylic acids is 1. The zero-order valence-electron chi connectivity index (χ0n) is 15.3. The summed E-state index contributed by atoms with van der Waals surface area (Å²) >= 11 is 1.01. The zero-order valence-corrected chi connectivity index (χ0v) is 17.0. The SMILES string of the molecule is Cc1ccc(C)c(NC(=O)CN(c2ccccc2F)S(=O)(=O)c2cccs2)c1. The molecule has 1 heterocycles. The number of thiophene rings is 1. The molecule has 1 amide bonds. The molecule has 1 N–H and O–H groups in total. The van der Waals surface area contributed by atoms with Crippen molar-refractivity contribution < 1.29 is 17.6 Å². The molecule has 5 nitrogen and oxygen atoms in total. The Bertz CT molecular complexity index is 1100. The first-order valence-electron chi connectivity index (χ1n) is 8.47. The maximum atomic E-state index is 14.4. The number of anilines is 2. The fourth-order valence-corrected chi connectivity index (χ4v) is 5.20. The van der Waals surface area contributed by atoms with Crippen LogP contribution >= 0.6 is 11.3 Å². The number of nitrogens with zero attached hydrogens (tertiary/aromatic N) is 1. The van der Waals surface area contributed by atoms with E-state index in [0.717, 1.165) is 32.8 Å². The fraction of sp³-hybridized carbons (Fsp3) is 0.150. The zero-order chi connectivity index (χ0) is 20.3. The first kappa shape index (κ1) is 20.0. The van der Waals surface area contributed by atoms with Gasteiger partial charge in [-0.2, -0.15) is 0 Å². The second-order valence-corrected chi connectivity index (χ2v) is 9.30. The third-order valence-electron chi connectivity index (χ3n) is 4.11. The lowest BCUT2D eigenvalue weighted by molar-refractivity contribution is -0.114. The molecular formula is C20H19FN2O3S2. The van der Waals surface area contributed by atoms with Crippen molar-refractivity contribution >= 4 is 38.6 Å². The van der Waals surface area contributed by atoms with Gasteiger partial charge < -0.3 is 5.32 Å². The smallest absolute Gasteiger partial charge is 0.274 e. The second-order valence-electron chi connectivity index (χ2n) is 6.26. The molecule has 0 saturated carbocycles. The van der Waals surface area contributed by atoms with Crippen molar-refractivity contribution in [3.8, 4) is 0 Å². The Morgan fingerprint density at radius 2 is 1.86 bits per heavy atom. The third-order valence-corrected chi connectivity index (χ3v) is 7.25. The average molecular weight is 419 g/mol. The fourth-order valence-electron chi connectivity index (χ4n) is 2.66. The van der Waals surface area contributed by atoms with Crippen molar-refractivity contribution in [1.29, 1.82) is 0 Å². The van der Waals surface area contributed by atoms with Crippen LogP contribution in [0, 0.1) is 19.7 Å². The Kier molecular flexibility index (Phi) is 5.81. The number of halogens is 1. The van der Waals surface area contributed by atoms with Gasteiger partial charge in [-0.05, 0) is 54.6 Å². The lowest BCUT2D eigenvalue weighted by atomic mass is 10.1. The molecule has 0 aliphatic rings. The highest BCUT2D eigenvalue weighted by Crippen LogP contribution is 2.28. The standard InChI is InChI=1S/C20H19FN2O3S2/c1-14-9-10-15(2)17(12-14)22-19(24)13-23(18-7-4-3-6-16(18)21)28(25,26)20-8-5-11-27-20/h3-12H,13H2,1-2H3,(H,22,24). The third kappa shape index (κ3) is 4.23. The first-order chi connectivity index (χ1) is 13.3. The van der Waals surface area contributed by atoms with Crippen molar-refractivity contribution in [1.82, 2.24) is 0 Å². The highest BCUT2D eigenvalue weighted by Gasteiger charge is 2.30. The molecule has 3 aromatic rings. The molecule has 0 aliphatic carbocycles. The number of aryl methyl sites for hydroxylation is 2. The van der Waals surface area contributed by atoms with E-state index >= 15 is 0 Å². The minimum absolute atomic E-state index is 0.0373. The maximum absolute atomic E-state index is 14.4. The van der Waals surface area contributed by atoms with Gasteiger partial charge >= 0.3 is 0 Å². The number of amides is 1. The molecular weight excluding hydrogens is 399 g/mol. The topological polar surface area (TPSA) is 66.5 Å². The molecule has 0 radical (unpaired) electrons. The van der Waals surface area contributed by atoms with Crippen LogP contribution in [0.1, 0.15) is 11.1 Å². The predicted molar refractivity (Wildman–Crippen MR) is 110 cm³/mol. The highest BCUT2D eigenvalue weighted by molar-refractivity contribution is 7.94. The molecule has 28 heavy (non-hydrogen) atoms. The molecule has 2 aromatic carbocycles. The minimum Gasteiger partial charge on any atom is -0.324 e. The number of benzene rings is 2. The van der Waals surface area contributed by atoms with Crippen LogP contribution < -0.4 is 9.62 Å². The summed E-state index contributed by atoms with van der Waals surface area (Å²) in [6.45, 7) is 3.18. The summed E-state index contributed by atoms with van der Waals surface area (Å²) in [5, 5.41) is 4.34. The first-order valence-corrected chi connectivity index (χ1v) is 10.8. The van der Waals surface area contributed by atoms with Gasteiger partial charge in [0, 0.05) is 5.69 Å². The predicted octanol–water partition coefficient (Wildman–Crippen LogP) is 4.34. The van der Waals surface area contributed by atoms with Crippen LogP contribution in [0.2, 0.25) is 0 Å². The van der Waals surface area contributed by atoms with Gasteiger partial charge in [0.15, 0.2) is 0 Å². The van der Waals surface area contributed by atoms with Crippen LogP contribution in [0.25, 0.3) is 0 Å². The maximum Gasteiger partial charge on any atom is 0.274 e. The molecule has 0 unspecified atom stereocenters. The number of sulfonamides is 1. The van der Waals surface area contributed by atoms with E-state index in [1.807, 2.05) is 26.0 Å². The van der Waals surface area contributed by atoms with Gasteiger partial charge in [-0.3, -0.25) is 9.10 Å². The number of carbonyl (C=O) groups is 1. The molecule has 146 valence electrons. The molecule has 3 rings (SSSR count). The second kappa shape index (κ2) is 8.12. The lowest BCUT2D eigenvalue weighted by Crippen LogP contribution is -2.38. The lowest BCUT2D eigenvalue weighted by Gasteiger charge is -2.24. The van der Waals surface area contributed by atoms with Gasteiger partial charge in [0.25, 0.3) is 10.0 Å². The Balaban J connectivity index is 1.95. The van der Waals surface area contributed by atoms with Crippen LogP contribution in [0.5, 0.6) is 0 Å². The minimum atomic E-state index is -4.09. The van der Waals surface area contributed by atoms with Gasteiger partial charge in [0.2, 0.25) is 5.91 Å². The van der Waals surface area contributed by atoms with Crippen molar-refractivity contribution in [2.24, 2.45) is 0 Å². The summed E-state index contributed by atoms with van der Waals surface area (Å²) in [6.07, 6.45) is 0. The normalized spacial score (nSPS) is 11.2. The number of nitrogens with one attached hydrogen (secondary N) is 1. The number of para-hydroxylation sites is 1. The van der Waals surface area contributed by atoms with E-state index in [4.69, 9.17) is 0 Å². The van der Waals surface area contributed by atoms with Crippen molar-refractivity contribution in [2.45, 2.75) is 18.1 Å². The van der Waals surface area contributed by atoms with Crippen LogP contribution in [-0.4, -0.2) is 20.9 Å². The van der Waals surface area contributed by atoms with Crippen molar-refractivity contribution in [2.75, 3.05) is 16.2 Å². The summed E-state index contributed by atoms with van der Waals surface area (Å²) in [6, 6.07) is 14.1. The van der Waals surface area contributed by atoms with Gasteiger partial charge in [0.05, 0.1) is 5.69 Å². The van der Waals surface area contributed by atoms with Crippen molar-refractivity contribution in [3.63, 3.8) is 0 Å². The number of hydrogen-bond donors (Lipinski definition) is 1. The Labute approximate surface area is 167 Å². The summed E-state index contributed by atoms with van der Waals surface area (Å²) < 4.78 is 41.3. The van der Waals surface area contributed by atoms with Crippen LogP contribution in [0.4, 0.5) is 15.8 Å². The molecule has 0 atom stereocenters. The van der Waals surface area contributed by atoms with E-state index in [2.05, 4.69) is 5.32 Å². The largest absolute Gasteiger partial charge is 0.324 e. The van der Waals surface area contributed by atoms with E-state index in [-0.39, 0.29) is 9.90 Å². The van der Waals surface area contributed by atoms with Gasteiger partial charge in [-0.1, -0.05) is 30.3 Å². The monoisotopic (exact) mass is 418 g/mol. The Hall–Kier alpha value is -2.71. The molecule has 0 fully saturated rings. The van der Waals surface area contributed by atoms with Gasteiger partial charge in [-0.25, -0.2) is 12.8 Å². The number of rotatable bonds is 6. The molecule has 8 heteroatoms. The van der Waals surface area contributed by atoms with E-state index in [0.29, 0.717) is 5.69 Å². The van der Waals surface area contributed by atoms with Crippen LogP contribution in [0.3, 0.4) is 0 Å². The molecule has 0 bridgehead atoms. The van der Waals surface area contributed by atoms with Crippen LogP contribution in [0.15, 0.2) is 64.2 Å². The number of hydrogen-bond acceptors (Lipinski definition) is 4. The quantitative estimate of drug-likeness (QED) is 0.648. The molecule has 0 aliphatic heterocycles. The van der Waals surface area contributed by atoms with E-state index in [1.54, 1.807) is 17.5 Å². The molecule has 0 saturated heterocycles. The summed E-state index contributed by atoms with van der Waals surface area (Å²) in [7, 11) is -4.09. The Morgan fingerprint density at radius 1 is 1.11 bits per heavy atom. The van der Waals surface area contributed by atoms with E-state index in [1.165, 1.54) is 24.3 Å². The molecule has 1 aromatic heterocycles. The highest BCUT2D eigenvalue weighted by atomic mass is 32.2. The average Bonchev–Trinajstić information content (AvgIpc) is 3.19. The van der Waals surface area contributed by atoms with E-state index < -0.39 is 28.3 Å². The summed E-state index contributed by atoms with van der Waals surface area (Å²) in [4.78, 5) is 12.7. The van der Waals surface area contributed by atoms with Gasteiger partial charge in [0.1, 0.15) is 16.6 Å². The van der Waals surface area contributed by atoms with Crippen LogP contribution in [-0.2, 0) is 14.8 Å². The Morgan fingerprint density at radius 3 is 2.54 bits per heavy atom. The van der Waals surface area contributed by atoms with Crippen molar-refractivity contribution in [3.05, 3.63) is 76.9 Å². The molecule has 0 spiro atoms.